The second kappa shape index (κ2) is 7.32. The first-order valence-corrected chi connectivity index (χ1v) is 10.1. The third kappa shape index (κ3) is 3.01. The van der Waals surface area contributed by atoms with Crippen LogP contribution in [0, 0.1) is 0 Å². The number of hydrogen-bond acceptors (Lipinski definition) is 4. The molecule has 1 aromatic carbocycles. The Hall–Kier alpha value is -3.06. The second-order valence-electron chi connectivity index (χ2n) is 7.77. The highest BCUT2D eigenvalue weighted by molar-refractivity contribution is 6.30. The Balaban J connectivity index is 1.88. The normalized spacial score (nSPS) is 18.4. The van der Waals surface area contributed by atoms with E-state index < -0.39 is 35.0 Å². The fourth-order valence-corrected chi connectivity index (χ4v) is 4.58. The van der Waals surface area contributed by atoms with Gasteiger partial charge in [-0.1, -0.05) is 36.6 Å². The summed E-state index contributed by atoms with van der Waals surface area (Å²) in [6.07, 6.45) is 2.69. The molecule has 1 spiro atoms. The van der Waals surface area contributed by atoms with Gasteiger partial charge in [0.1, 0.15) is 17.2 Å². The molecule has 30 heavy (non-hydrogen) atoms. The van der Waals surface area contributed by atoms with E-state index >= 15 is 0 Å². The number of aliphatic hydroxyl groups excluding tert-OH is 1. The van der Waals surface area contributed by atoms with Crippen molar-refractivity contribution >= 4 is 35.0 Å². The molecule has 8 heteroatoms. The molecule has 2 heterocycles. The molecule has 0 saturated heterocycles. The van der Waals surface area contributed by atoms with Crippen molar-refractivity contribution < 1.29 is 24.6 Å². The summed E-state index contributed by atoms with van der Waals surface area (Å²) in [5.41, 5.74) is 0.596. The number of aromatic nitrogens is 1. The molecule has 1 saturated carbocycles. The zero-order valence-electron chi connectivity index (χ0n) is 16.3. The Morgan fingerprint density at radius 1 is 1.10 bits per heavy atom. The van der Waals surface area contributed by atoms with Crippen molar-refractivity contribution in [3.8, 4) is 11.3 Å². The molecule has 3 N–H and O–H groups in total. The molecule has 0 unspecified atom stereocenters. The first kappa shape index (κ1) is 20.2. The van der Waals surface area contributed by atoms with Gasteiger partial charge in [-0.2, -0.15) is 0 Å². The van der Waals surface area contributed by atoms with E-state index in [0.717, 1.165) is 24.1 Å². The van der Waals surface area contributed by atoms with E-state index in [4.69, 9.17) is 16.7 Å². The molecule has 1 aromatic heterocycles. The lowest BCUT2D eigenvalue weighted by molar-refractivity contribution is -0.141. The first-order chi connectivity index (χ1) is 14.3. The molecule has 156 valence electrons. The molecule has 0 bridgehead atoms. The van der Waals surface area contributed by atoms with E-state index in [2.05, 4.69) is 5.32 Å². The Morgan fingerprint density at radius 3 is 2.30 bits per heavy atom. The molecule has 0 radical (unpaired) electrons. The van der Waals surface area contributed by atoms with Crippen LogP contribution in [0.5, 0.6) is 0 Å². The minimum Gasteiger partial charge on any atom is -0.505 e. The third-order valence-electron chi connectivity index (χ3n) is 5.95. The van der Waals surface area contributed by atoms with Crippen molar-refractivity contribution in [2.45, 2.75) is 44.2 Å². The van der Waals surface area contributed by atoms with Crippen molar-refractivity contribution in [2.75, 3.05) is 0 Å². The summed E-state index contributed by atoms with van der Waals surface area (Å²) in [6.45, 7) is 1.30. The zero-order valence-corrected chi connectivity index (χ0v) is 17.1. The Kier molecular flexibility index (Phi) is 4.94. The number of carboxylic acids is 1. The summed E-state index contributed by atoms with van der Waals surface area (Å²) >= 11 is 6.01. The molecule has 2 aromatic rings. The molecule has 1 fully saturated rings. The van der Waals surface area contributed by atoms with Crippen LogP contribution < -0.4 is 5.32 Å². The Morgan fingerprint density at radius 2 is 1.70 bits per heavy atom. The van der Waals surface area contributed by atoms with Crippen LogP contribution in [0.1, 0.15) is 38.3 Å². The van der Waals surface area contributed by atoms with E-state index in [1.165, 1.54) is 6.92 Å². The van der Waals surface area contributed by atoms with Crippen LogP contribution >= 0.6 is 11.6 Å². The lowest BCUT2D eigenvalue weighted by Crippen LogP contribution is -2.49. The average Bonchev–Trinajstić information content (AvgIpc) is 3.35. The van der Waals surface area contributed by atoms with Gasteiger partial charge in [-0.25, -0.2) is 0 Å². The number of halogens is 1. The van der Waals surface area contributed by atoms with Gasteiger partial charge in [0.05, 0.1) is 5.69 Å². The molecule has 1 aliphatic heterocycles. The Labute approximate surface area is 178 Å². The first-order valence-electron chi connectivity index (χ1n) is 9.76. The molecule has 2 aliphatic rings. The summed E-state index contributed by atoms with van der Waals surface area (Å²) in [4.78, 5) is 37.5. The van der Waals surface area contributed by atoms with E-state index in [-0.39, 0.29) is 5.57 Å². The number of Topliss-reactive ketones (excluding diaryl/α,β-unsaturated/α-hetero) is 1. The molecule has 7 nitrogen and oxygen atoms in total. The third-order valence-corrected chi connectivity index (χ3v) is 6.21. The van der Waals surface area contributed by atoms with E-state index in [9.17, 15) is 19.5 Å². The van der Waals surface area contributed by atoms with Crippen molar-refractivity contribution in [3.63, 3.8) is 0 Å². The SMILES string of the molecule is C[C@H](NC(=O)C1=C(O)c2ccc(-c3ccc(Cl)cc3)n2C2(CCCC2)C1=O)C(=O)O. The van der Waals surface area contributed by atoms with Crippen LogP contribution in [-0.4, -0.2) is 38.5 Å². The summed E-state index contributed by atoms with van der Waals surface area (Å²) < 4.78 is 1.83. The number of ketones is 1. The average molecular weight is 429 g/mol. The highest BCUT2D eigenvalue weighted by Gasteiger charge is 2.51. The molecule has 1 aliphatic carbocycles. The maximum absolute atomic E-state index is 13.6. The summed E-state index contributed by atoms with van der Waals surface area (Å²) in [7, 11) is 0. The quantitative estimate of drug-likeness (QED) is 0.645. The number of amides is 1. The van der Waals surface area contributed by atoms with E-state index in [1.807, 2.05) is 22.8 Å². The number of aliphatic carboxylic acids is 1. The fraction of sp³-hybridized carbons (Fsp3) is 0.318. The van der Waals surface area contributed by atoms with Gasteiger partial charge in [-0.15, -0.1) is 0 Å². The van der Waals surface area contributed by atoms with Gasteiger partial charge in [0.2, 0.25) is 0 Å². The number of carbonyl (C=O) groups is 3. The number of hydrogen-bond donors (Lipinski definition) is 3. The number of aliphatic hydroxyl groups is 1. The predicted octanol–water partition coefficient (Wildman–Crippen LogP) is 3.52. The summed E-state index contributed by atoms with van der Waals surface area (Å²) in [6, 6.07) is 9.49. The molecular formula is C22H21ClN2O5. The van der Waals surface area contributed by atoms with Crippen molar-refractivity contribution in [1.82, 2.24) is 9.88 Å². The van der Waals surface area contributed by atoms with E-state index in [0.29, 0.717) is 23.6 Å². The molecular weight excluding hydrogens is 408 g/mol. The minimum absolute atomic E-state index is 0.370. The smallest absolute Gasteiger partial charge is 0.325 e. The number of nitrogens with zero attached hydrogens (tertiary/aromatic N) is 1. The number of carbonyl (C=O) groups excluding carboxylic acids is 2. The van der Waals surface area contributed by atoms with Crippen molar-refractivity contribution in [2.24, 2.45) is 0 Å². The molecule has 1 amide bonds. The predicted molar refractivity (Wildman–Crippen MR) is 111 cm³/mol. The molecule has 1 atom stereocenters. The lowest BCUT2D eigenvalue weighted by atomic mass is 9.82. The highest BCUT2D eigenvalue weighted by atomic mass is 35.5. The van der Waals surface area contributed by atoms with Gasteiger partial charge >= 0.3 is 5.97 Å². The van der Waals surface area contributed by atoms with Crippen molar-refractivity contribution in [1.29, 1.82) is 0 Å². The summed E-state index contributed by atoms with van der Waals surface area (Å²) in [5.74, 6) is -3.02. The number of benzene rings is 1. The number of carboxylic acid groups (broad SMARTS) is 1. The van der Waals surface area contributed by atoms with Crippen molar-refractivity contribution in [3.05, 3.63) is 52.7 Å². The Bertz CT molecular complexity index is 1080. The maximum atomic E-state index is 13.6. The van der Waals surface area contributed by atoms with Crippen LogP contribution in [0.2, 0.25) is 5.02 Å². The maximum Gasteiger partial charge on any atom is 0.325 e. The largest absolute Gasteiger partial charge is 0.505 e. The van der Waals surface area contributed by atoms with Gasteiger partial charge in [0, 0.05) is 10.7 Å². The topological polar surface area (TPSA) is 109 Å². The number of fused-ring (bicyclic) bond motifs is 2. The van der Waals surface area contributed by atoms with Gasteiger partial charge in [-0.3, -0.25) is 14.4 Å². The number of rotatable bonds is 4. The van der Waals surface area contributed by atoms with E-state index in [1.54, 1.807) is 18.2 Å². The standard InChI is InChI=1S/C22H21ClN2O5/c1-12(21(29)30)24-20(28)17-18(26)16-9-8-15(13-4-6-14(23)7-5-13)25(16)22(19(17)27)10-2-3-11-22/h4-9,12,26H,2-3,10-11H2,1H3,(H,24,28)(H,29,30)/t12-/m0/s1. The highest BCUT2D eigenvalue weighted by Crippen LogP contribution is 2.48. The van der Waals surface area contributed by atoms with Crippen LogP contribution in [-0.2, 0) is 19.9 Å². The minimum atomic E-state index is -1.23. The summed E-state index contributed by atoms with van der Waals surface area (Å²) in [5, 5.41) is 22.8. The van der Waals surface area contributed by atoms with Crippen LogP contribution in [0.15, 0.2) is 42.0 Å². The van der Waals surface area contributed by atoms with Crippen LogP contribution in [0.25, 0.3) is 17.0 Å². The van der Waals surface area contributed by atoms with Crippen LogP contribution in [0.4, 0.5) is 0 Å². The second-order valence-corrected chi connectivity index (χ2v) is 8.21. The number of nitrogens with one attached hydrogen (secondary N) is 1. The van der Waals surface area contributed by atoms with Crippen LogP contribution in [0.3, 0.4) is 0 Å². The molecule has 4 rings (SSSR count). The zero-order chi connectivity index (χ0) is 21.6. The van der Waals surface area contributed by atoms with Gasteiger partial charge in [-0.05, 0) is 49.6 Å². The monoisotopic (exact) mass is 428 g/mol. The lowest BCUT2D eigenvalue weighted by Gasteiger charge is -2.37. The fourth-order valence-electron chi connectivity index (χ4n) is 4.45. The van der Waals surface area contributed by atoms with Gasteiger partial charge < -0.3 is 20.1 Å². The van der Waals surface area contributed by atoms with Gasteiger partial charge in [0.25, 0.3) is 5.91 Å². The van der Waals surface area contributed by atoms with Gasteiger partial charge in [0.15, 0.2) is 11.5 Å².